The Hall–Kier alpha value is -1.06. The van der Waals surface area contributed by atoms with Gasteiger partial charge in [0.05, 0.1) is 0 Å². The Labute approximate surface area is 96.5 Å². The van der Waals surface area contributed by atoms with Crippen molar-refractivity contribution in [1.82, 2.24) is 0 Å². The Morgan fingerprint density at radius 2 is 2.00 bits per heavy atom. The van der Waals surface area contributed by atoms with Gasteiger partial charge in [-0.25, -0.2) is 0 Å². The van der Waals surface area contributed by atoms with Gasteiger partial charge in [-0.3, -0.25) is 0 Å². The van der Waals surface area contributed by atoms with Gasteiger partial charge in [0.15, 0.2) is 0 Å². The first kappa shape index (κ1) is 11.4. The lowest BCUT2D eigenvalue weighted by Crippen LogP contribution is -2.59. The third-order valence-electron chi connectivity index (χ3n) is 3.33. The second-order valence-corrected chi connectivity index (χ2v) is 4.50. The molecular weight excluding hydrogens is 202 g/mol. The molecule has 2 N–H and O–H groups in total. The fraction of sp³-hybridized carbons (Fsp3) is 0.538. The number of hydrogen-bond acceptors (Lipinski definition) is 3. The largest absolute Gasteiger partial charge is 0.488 e. The summed E-state index contributed by atoms with van der Waals surface area (Å²) < 4.78 is 11.1. The predicted octanol–water partition coefficient (Wildman–Crippen LogP) is 1.80. The Balaban J connectivity index is 2.02. The summed E-state index contributed by atoms with van der Waals surface area (Å²) in [4.78, 5) is 0. The van der Waals surface area contributed by atoms with Crippen molar-refractivity contribution in [3.8, 4) is 5.75 Å². The maximum atomic E-state index is 5.86. The van der Waals surface area contributed by atoms with Crippen LogP contribution in [0.5, 0.6) is 5.75 Å². The summed E-state index contributed by atoms with van der Waals surface area (Å²) in [7, 11) is 1.68. The van der Waals surface area contributed by atoms with E-state index in [1.807, 2.05) is 6.07 Å². The van der Waals surface area contributed by atoms with E-state index in [-0.39, 0.29) is 18.2 Å². The van der Waals surface area contributed by atoms with Crippen molar-refractivity contribution in [2.45, 2.75) is 38.5 Å². The average molecular weight is 221 g/mol. The number of hydrogen-bond donors (Lipinski definition) is 1. The van der Waals surface area contributed by atoms with Crippen LogP contribution in [0.1, 0.15) is 17.5 Å². The van der Waals surface area contributed by atoms with Gasteiger partial charge in [-0.1, -0.05) is 6.07 Å². The molecule has 0 bridgehead atoms. The molecule has 0 aliphatic heterocycles. The number of ether oxygens (including phenoxy) is 2. The zero-order valence-electron chi connectivity index (χ0n) is 10.1. The lowest BCUT2D eigenvalue weighted by molar-refractivity contribution is -0.0782. The van der Waals surface area contributed by atoms with Crippen molar-refractivity contribution >= 4 is 0 Å². The zero-order valence-corrected chi connectivity index (χ0v) is 10.1. The molecule has 16 heavy (non-hydrogen) atoms. The summed E-state index contributed by atoms with van der Waals surface area (Å²) in [6.07, 6.45) is 0.995. The minimum absolute atomic E-state index is 0.0293. The minimum Gasteiger partial charge on any atom is -0.488 e. The van der Waals surface area contributed by atoms with Gasteiger partial charge in [0, 0.05) is 19.6 Å². The van der Waals surface area contributed by atoms with Crippen LogP contribution in [-0.4, -0.2) is 25.4 Å². The number of methoxy groups -OCH3 is 1. The number of rotatable bonds is 3. The molecule has 3 atom stereocenters. The minimum atomic E-state index is 0.0293. The molecule has 88 valence electrons. The van der Waals surface area contributed by atoms with Crippen LogP contribution >= 0.6 is 0 Å². The molecule has 0 amide bonds. The lowest BCUT2D eigenvalue weighted by atomic mass is 9.86. The van der Waals surface area contributed by atoms with Gasteiger partial charge in [-0.15, -0.1) is 0 Å². The second-order valence-electron chi connectivity index (χ2n) is 4.50. The van der Waals surface area contributed by atoms with Gasteiger partial charge >= 0.3 is 0 Å². The topological polar surface area (TPSA) is 44.5 Å². The number of benzene rings is 1. The quantitative estimate of drug-likeness (QED) is 0.846. The maximum Gasteiger partial charge on any atom is 0.128 e. The van der Waals surface area contributed by atoms with Gasteiger partial charge in [0.2, 0.25) is 0 Å². The molecule has 1 fully saturated rings. The van der Waals surface area contributed by atoms with E-state index in [4.69, 9.17) is 15.2 Å². The Kier molecular flexibility index (Phi) is 3.17. The fourth-order valence-corrected chi connectivity index (χ4v) is 2.02. The highest BCUT2D eigenvalue weighted by atomic mass is 16.5. The van der Waals surface area contributed by atoms with Crippen LogP contribution in [-0.2, 0) is 4.74 Å². The van der Waals surface area contributed by atoms with Crippen molar-refractivity contribution in [2.24, 2.45) is 5.73 Å². The molecular formula is C13H19NO2. The highest BCUT2D eigenvalue weighted by Gasteiger charge is 2.40. The summed E-state index contributed by atoms with van der Waals surface area (Å²) >= 11 is 0. The average Bonchev–Trinajstić information content (AvgIpc) is 2.23. The molecule has 0 spiro atoms. The summed E-state index contributed by atoms with van der Waals surface area (Å²) in [6.45, 7) is 4.18. The van der Waals surface area contributed by atoms with Crippen molar-refractivity contribution < 1.29 is 9.47 Å². The third kappa shape index (κ3) is 2.06. The summed E-state index contributed by atoms with van der Waals surface area (Å²) in [5, 5.41) is 0. The van der Waals surface area contributed by atoms with Crippen molar-refractivity contribution in [2.75, 3.05) is 7.11 Å². The molecule has 1 saturated carbocycles. The highest BCUT2D eigenvalue weighted by molar-refractivity contribution is 5.34. The van der Waals surface area contributed by atoms with Crippen molar-refractivity contribution in [1.29, 1.82) is 0 Å². The highest BCUT2D eigenvalue weighted by Crippen LogP contribution is 2.28. The predicted molar refractivity (Wildman–Crippen MR) is 63.7 cm³/mol. The molecule has 1 aromatic rings. The summed E-state index contributed by atoms with van der Waals surface area (Å²) in [5.41, 5.74) is 8.35. The summed E-state index contributed by atoms with van der Waals surface area (Å²) in [6, 6.07) is 6.25. The molecule has 3 heteroatoms. The first-order valence-corrected chi connectivity index (χ1v) is 5.64. The van der Waals surface area contributed by atoms with Gasteiger partial charge in [0.25, 0.3) is 0 Å². The molecule has 0 saturated heterocycles. The second kappa shape index (κ2) is 4.44. The van der Waals surface area contributed by atoms with E-state index < -0.39 is 0 Å². The number of nitrogens with two attached hydrogens (primary N) is 1. The Morgan fingerprint density at radius 1 is 1.25 bits per heavy atom. The van der Waals surface area contributed by atoms with E-state index in [2.05, 4.69) is 26.0 Å². The van der Waals surface area contributed by atoms with Crippen LogP contribution < -0.4 is 10.5 Å². The first-order chi connectivity index (χ1) is 7.61. The third-order valence-corrected chi connectivity index (χ3v) is 3.33. The standard InChI is InChI=1S/C13H19NO2/c1-8-4-5-10(6-9(8)2)16-12-7-11(14)13(12)15-3/h4-6,11-13H,7,14H2,1-3H3. The van der Waals surface area contributed by atoms with E-state index in [1.54, 1.807) is 7.11 Å². The van der Waals surface area contributed by atoms with Crippen molar-refractivity contribution in [3.63, 3.8) is 0 Å². The summed E-state index contributed by atoms with van der Waals surface area (Å²) in [5.74, 6) is 0.905. The van der Waals surface area contributed by atoms with E-state index in [0.29, 0.717) is 0 Å². The van der Waals surface area contributed by atoms with E-state index >= 15 is 0 Å². The molecule has 3 nitrogen and oxygen atoms in total. The molecule has 0 heterocycles. The van der Waals surface area contributed by atoms with Gasteiger partial charge in [0.1, 0.15) is 18.0 Å². The molecule has 1 aromatic carbocycles. The van der Waals surface area contributed by atoms with Crippen LogP contribution in [0.2, 0.25) is 0 Å². The van der Waals surface area contributed by atoms with Crippen molar-refractivity contribution in [3.05, 3.63) is 29.3 Å². The SMILES string of the molecule is COC1C(N)CC1Oc1ccc(C)c(C)c1. The fourth-order valence-electron chi connectivity index (χ4n) is 2.02. The van der Waals surface area contributed by atoms with Crippen LogP contribution in [0, 0.1) is 13.8 Å². The van der Waals surface area contributed by atoms with Crippen LogP contribution in [0.25, 0.3) is 0 Å². The monoisotopic (exact) mass is 221 g/mol. The van der Waals surface area contributed by atoms with Gasteiger partial charge < -0.3 is 15.2 Å². The smallest absolute Gasteiger partial charge is 0.128 e. The molecule has 1 aliphatic rings. The van der Waals surface area contributed by atoms with Crippen LogP contribution in [0.15, 0.2) is 18.2 Å². The normalized spacial score (nSPS) is 28.6. The van der Waals surface area contributed by atoms with Gasteiger partial charge in [-0.2, -0.15) is 0 Å². The zero-order chi connectivity index (χ0) is 11.7. The molecule has 1 aliphatic carbocycles. The molecule has 3 unspecified atom stereocenters. The molecule has 0 aromatic heterocycles. The van der Waals surface area contributed by atoms with Crippen LogP contribution in [0.3, 0.4) is 0 Å². The Bertz CT molecular complexity index is 378. The lowest BCUT2D eigenvalue weighted by Gasteiger charge is -2.41. The van der Waals surface area contributed by atoms with Gasteiger partial charge in [-0.05, 0) is 37.1 Å². The van der Waals surface area contributed by atoms with Crippen LogP contribution in [0.4, 0.5) is 0 Å². The Morgan fingerprint density at radius 3 is 2.56 bits per heavy atom. The first-order valence-electron chi connectivity index (χ1n) is 5.64. The molecule has 0 radical (unpaired) electrons. The van der Waals surface area contributed by atoms with E-state index in [0.717, 1.165) is 12.2 Å². The van der Waals surface area contributed by atoms with E-state index in [9.17, 15) is 0 Å². The number of aryl methyl sites for hydroxylation is 2. The van der Waals surface area contributed by atoms with E-state index in [1.165, 1.54) is 11.1 Å². The maximum absolute atomic E-state index is 5.86. The molecule has 2 rings (SSSR count).